The quantitative estimate of drug-likeness (QED) is 0.488. The summed E-state index contributed by atoms with van der Waals surface area (Å²) in [5.41, 5.74) is 0.815. The van der Waals surface area contributed by atoms with E-state index in [-0.39, 0.29) is 29.8 Å². The summed E-state index contributed by atoms with van der Waals surface area (Å²) in [6.45, 7) is 0.127. The van der Waals surface area contributed by atoms with Crippen molar-refractivity contribution in [2.24, 2.45) is 0 Å². The largest absolute Gasteiger partial charge is 1.00 e. The third kappa shape index (κ3) is 6.20. The van der Waals surface area contributed by atoms with E-state index < -0.39 is 10.0 Å². The van der Waals surface area contributed by atoms with E-state index in [1.165, 1.54) is 19.2 Å². The Balaban J connectivity index is 0.00000300. The second-order valence-corrected chi connectivity index (χ2v) is 7.64. The van der Waals surface area contributed by atoms with Crippen LogP contribution in [0.15, 0.2) is 84.0 Å². The molecular weight excluding hydrogens is 414 g/mol. The van der Waals surface area contributed by atoms with Gasteiger partial charge in [0.1, 0.15) is 5.75 Å². The van der Waals surface area contributed by atoms with E-state index in [9.17, 15) is 13.2 Å². The first-order valence-corrected chi connectivity index (χ1v) is 9.95. The summed E-state index contributed by atoms with van der Waals surface area (Å²) in [7, 11) is -2.26. The van der Waals surface area contributed by atoms with Gasteiger partial charge in [0, 0.05) is 23.5 Å². The molecule has 1 aromatic heterocycles. The summed E-state index contributed by atoms with van der Waals surface area (Å²) < 4.78 is 34.5. The topological polar surface area (TPSA) is 88.4 Å². The van der Waals surface area contributed by atoms with Gasteiger partial charge >= 0.3 is 0 Å². The molecule has 7 nitrogen and oxygen atoms in total. The second-order valence-electron chi connectivity index (χ2n) is 5.96. The van der Waals surface area contributed by atoms with Gasteiger partial charge in [-0.15, -0.1) is 0 Å². The summed E-state index contributed by atoms with van der Waals surface area (Å²) in [5.74, 6) is 0.373. The van der Waals surface area contributed by atoms with E-state index in [1.54, 1.807) is 53.4 Å². The second kappa shape index (κ2) is 9.90. The normalized spacial score (nSPS) is 10.5. The molecule has 9 heteroatoms. The van der Waals surface area contributed by atoms with Crippen LogP contribution in [0.1, 0.15) is 0 Å². The number of anilines is 2. The number of carbonyl (C=O) groups is 1. The number of aromatic nitrogens is 1. The fraction of sp³-hybridized carbons (Fsp3) is 0.100. The van der Waals surface area contributed by atoms with Crippen LogP contribution in [0.5, 0.6) is 5.75 Å². The van der Waals surface area contributed by atoms with Gasteiger partial charge in [-0.1, -0.05) is 12.1 Å². The molecule has 3 rings (SSSR count). The highest BCUT2D eigenvalue weighted by atomic mass is 35.5. The molecule has 152 valence electrons. The summed E-state index contributed by atoms with van der Waals surface area (Å²) in [6.07, 6.45) is 3.55. The van der Waals surface area contributed by atoms with Crippen LogP contribution in [0.25, 0.3) is 0 Å². The summed E-state index contributed by atoms with van der Waals surface area (Å²) in [6, 6.07) is 18.2. The molecule has 0 saturated heterocycles. The maximum atomic E-state index is 12.6. The molecule has 0 bridgehead atoms. The predicted octanol–water partition coefficient (Wildman–Crippen LogP) is -0.574. The molecule has 1 heterocycles. The van der Waals surface area contributed by atoms with Crippen molar-refractivity contribution in [1.29, 1.82) is 0 Å². The maximum absolute atomic E-state index is 12.6. The zero-order valence-corrected chi connectivity index (χ0v) is 17.2. The molecule has 0 atom stereocenters. The standard InChI is InChI=1S/C20H19N3O4S.ClH/c1-27-18-10-8-16(9-11-18)22-28(25,26)19-7-5-6-17(14-19)21-20(24)15-23-12-3-2-4-13-23;/h2-14,22H,15H2,1H3;1H. The van der Waals surface area contributed by atoms with Crippen molar-refractivity contribution in [1.82, 2.24) is 0 Å². The van der Waals surface area contributed by atoms with Crippen LogP contribution in [0.4, 0.5) is 11.4 Å². The lowest BCUT2D eigenvalue weighted by Crippen LogP contribution is -3.00. The fourth-order valence-electron chi connectivity index (χ4n) is 2.52. The minimum atomic E-state index is -3.80. The molecule has 29 heavy (non-hydrogen) atoms. The van der Waals surface area contributed by atoms with Crippen LogP contribution < -0.4 is 31.7 Å². The molecule has 0 aliphatic carbocycles. The van der Waals surface area contributed by atoms with Crippen LogP contribution in [-0.4, -0.2) is 21.4 Å². The van der Waals surface area contributed by atoms with Crippen molar-refractivity contribution in [3.63, 3.8) is 0 Å². The summed E-state index contributed by atoms with van der Waals surface area (Å²) in [5, 5.41) is 2.71. The molecule has 1 amide bonds. The third-order valence-electron chi connectivity index (χ3n) is 3.87. The molecule has 0 spiro atoms. The molecule has 3 aromatic rings. The van der Waals surface area contributed by atoms with E-state index >= 15 is 0 Å². The van der Waals surface area contributed by atoms with Gasteiger partial charge in [-0.05, 0) is 42.5 Å². The highest BCUT2D eigenvalue weighted by molar-refractivity contribution is 7.92. The van der Waals surface area contributed by atoms with Gasteiger partial charge in [0.25, 0.3) is 15.9 Å². The molecule has 0 aliphatic heterocycles. The molecule has 0 fully saturated rings. The molecule has 2 N–H and O–H groups in total. The molecule has 0 saturated carbocycles. The van der Waals surface area contributed by atoms with Gasteiger partial charge in [-0.3, -0.25) is 9.52 Å². The highest BCUT2D eigenvalue weighted by Crippen LogP contribution is 2.21. The van der Waals surface area contributed by atoms with E-state index in [2.05, 4.69) is 10.0 Å². The minimum absolute atomic E-state index is 0. The lowest BCUT2D eigenvalue weighted by Gasteiger charge is -2.10. The number of benzene rings is 2. The molecular formula is C20H20ClN3O4S. The van der Waals surface area contributed by atoms with E-state index in [0.717, 1.165) is 0 Å². The number of amides is 1. The number of nitrogens with zero attached hydrogens (tertiary/aromatic N) is 1. The minimum Gasteiger partial charge on any atom is -1.00 e. The Morgan fingerprint density at radius 2 is 1.66 bits per heavy atom. The lowest BCUT2D eigenvalue weighted by atomic mass is 10.3. The average molecular weight is 434 g/mol. The SMILES string of the molecule is COc1ccc(NS(=O)(=O)c2cccc(NC(=O)C[n+]3ccccc3)c2)cc1.[Cl-]. The smallest absolute Gasteiger partial charge is 0.290 e. The van der Waals surface area contributed by atoms with Crippen molar-refractivity contribution in [3.05, 3.63) is 79.1 Å². The molecule has 0 unspecified atom stereocenters. The van der Waals surface area contributed by atoms with Crippen LogP contribution in [0.3, 0.4) is 0 Å². The summed E-state index contributed by atoms with van der Waals surface area (Å²) in [4.78, 5) is 12.2. The number of nitrogens with one attached hydrogen (secondary N) is 2. The van der Waals surface area contributed by atoms with Crippen molar-refractivity contribution >= 4 is 27.3 Å². The number of carbonyl (C=O) groups excluding carboxylic acids is 1. The van der Waals surface area contributed by atoms with Crippen LogP contribution in [0, 0.1) is 0 Å². The van der Waals surface area contributed by atoms with Gasteiger partial charge < -0.3 is 22.5 Å². The van der Waals surface area contributed by atoms with E-state index in [4.69, 9.17) is 4.74 Å². The van der Waals surface area contributed by atoms with Gasteiger partial charge in [0.2, 0.25) is 6.54 Å². The number of ether oxygens (including phenoxy) is 1. The zero-order valence-electron chi connectivity index (χ0n) is 15.6. The first-order chi connectivity index (χ1) is 13.5. The Hall–Kier alpha value is -3.10. The first kappa shape index (κ1) is 22.2. The van der Waals surface area contributed by atoms with Crippen molar-refractivity contribution in [3.8, 4) is 5.75 Å². The van der Waals surface area contributed by atoms with E-state index in [0.29, 0.717) is 17.1 Å². The van der Waals surface area contributed by atoms with Crippen molar-refractivity contribution < 1.29 is 34.9 Å². The van der Waals surface area contributed by atoms with Crippen LogP contribution in [0.2, 0.25) is 0 Å². The third-order valence-corrected chi connectivity index (χ3v) is 5.25. The lowest BCUT2D eigenvalue weighted by molar-refractivity contribution is -0.684. The molecule has 0 radical (unpaired) electrons. The number of hydrogen-bond acceptors (Lipinski definition) is 4. The first-order valence-electron chi connectivity index (χ1n) is 8.47. The monoisotopic (exact) mass is 433 g/mol. The van der Waals surface area contributed by atoms with Gasteiger partial charge in [0.05, 0.1) is 12.0 Å². The Labute approximate surface area is 175 Å². The number of sulfonamides is 1. The van der Waals surface area contributed by atoms with Gasteiger partial charge in [-0.25, -0.2) is 8.42 Å². The Bertz CT molecular complexity index is 1060. The molecule has 2 aromatic carbocycles. The average Bonchev–Trinajstić information content (AvgIpc) is 2.69. The van der Waals surface area contributed by atoms with Crippen LogP contribution >= 0.6 is 0 Å². The predicted molar refractivity (Wildman–Crippen MR) is 106 cm³/mol. The maximum Gasteiger partial charge on any atom is 0.290 e. The van der Waals surface area contributed by atoms with Crippen molar-refractivity contribution in [2.45, 2.75) is 11.4 Å². The highest BCUT2D eigenvalue weighted by Gasteiger charge is 2.16. The zero-order chi connectivity index (χ0) is 20.0. The Morgan fingerprint density at radius 1 is 0.966 bits per heavy atom. The summed E-state index contributed by atoms with van der Waals surface area (Å²) >= 11 is 0. The van der Waals surface area contributed by atoms with Crippen LogP contribution in [-0.2, 0) is 21.4 Å². The van der Waals surface area contributed by atoms with Gasteiger partial charge in [-0.2, -0.15) is 4.57 Å². The number of methoxy groups -OCH3 is 1. The Morgan fingerprint density at radius 3 is 2.31 bits per heavy atom. The Kier molecular flexibility index (Phi) is 7.58. The number of halogens is 1. The number of rotatable bonds is 7. The number of hydrogen-bond donors (Lipinski definition) is 2. The van der Waals surface area contributed by atoms with Crippen molar-refractivity contribution in [2.75, 3.05) is 17.1 Å². The molecule has 0 aliphatic rings. The van der Waals surface area contributed by atoms with Gasteiger partial charge in [0.15, 0.2) is 12.4 Å². The van der Waals surface area contributed by atoms with E-state index in [1.807, 2.05) is 18.2 Å². The number of pyridine rings is 1. The fourth-order valence-corrected chi connectivity index (χ4v) is 3.62.